The van der Waals surface area contributed by atoms with Gasteiger partial charge in [-0.25, -0.2) is 9.78 Å². The van der Waals surface area contributed by atoms with Crippen molar-refractivity contribution in [1.29, 1.82) is 0 Å². The molecular weight excluding hydrogens is 262 g/mol. The third-order valence-corrected chi connectivity index (χ3v) is 3.79. The van der Waals surface area contributed by atoms with Crippen LogP contribution in [0.2, 0.25) is 0 Å². The molecule has 0 aliphatic heterocycles. The lowest BCUT2D eigenvalue weighted by molar-refractivity contribution is 0.0701. The highest BCUT2D eigenvalue weighted by atomic mass is 32.1. The summed E-state index contributed by atoms with van der Waals surface area (Å²) in [6.45, 7) is 4.26. The lowest BCUT2D eigenvalue weighted by Crippen LogP contribution is -1.97. The zero-order valence-corrected chi connectivity index (χ0v) is 11.7. The van der Waals surface area contributed by atoms with Crippen LogP contribution in [0.4, 0.5) is 0 Å². The number of benzene rings is 1. The fourth-order valence-corrected chi connectivity index (χ4v) is 2.76. The number of aromatic carboxylic acids is 1. The van der Waals surface area contributed by atoms with E-state index in [9.17, 15) is 4.79 Å². The molecular formula is C14H15NO3S. The Balaban J connectivity index is 2.26. The number of hydrogen-bond acceptors (Lipinski definition) is 4. The highest BCUT2D eigenvalue weighted by molar-refractivity contribution is 7.13. The largest absolute Gasteiger partial charge is 0.494 e. The van der Waals surface area contributed by atoms with Crippen molar-refractivity contribution in [3.8, 4) is 5.75 Å². The molecule has 0 fully saturated rings. The summed E-state index contributed by atoms with van der Waals surface area (Å²) in [6, 6.07) is 7.75. The van der Waals surface area contributed by atoms with Crippen LogP contribution < -0.4 is 4.74 Å². The predicted octanol–water partition coefficient (Wildman–Crippen LogP) is 3.14. The first kappa shape index (κ1) is 13.5. The van der Waals surface area contributed by atoms with Crippen molar-refractivity contribution in [2.75, 3.05) is 6.61 Å². The molecule has 5 heteroatoms. The topological polar surface area (TPSA) is 59.4 Å². The molecule has 0 saturated carbocycles. The summed E-state index contributed by atoms with van der Waals surface area (Å²) >= 11 is 1.22. The van der Waals surface area contributed by atoms with Gasteiger partial charge in [-0.2, -0.15) is 0 Å². The van der Waals surface area contributed by atoms with Crippen molar-refractivity contribution in [2.45, 2.75) is 20.3 Å². The van der Waals surface area contributed by atoms with E-state index >= 15 is 0 Å². The van der Waals surface area contributed by atoms with E-state index in [1.54, 1.807) is 6.92 Å². The lowest BCUT2D eigenvalue weighted by Gasteiger charge is -2.08. The number of thiazole rings is 1. The van der Waals surface area contributed by atoms with Crippen molar-refractivity contribution in [3.05, 3.63) is 45.4 Å². The summed E-state index contributed by atoms with van der Waals surface area (Å²) < 4.78 is 5.55. The van der Waals surface area contributed by atoms with Crippen LogP contribution in [0.15, 0.2) is 24.3 Å². The minimum absolute atomic E-state index is 0.309. The van der Waals surface area contributed by atoms with Gasteiger partial charge < -0.3 is 9.84 Å². The molecule has 4 nitrogen and oxygen atoms in total. The zero-order valence-electron chi connectivity index (χ0n) is 10.8. The van der Waals surface area contributed by atoms with E-state index in [0.717, 1.165) is 16.3 Å². The molecule has 2 rings (SSSR count). The number of para-hydroxylation sites is 1. The third-order valence-electron chi connectivity index (χ3n) is 2.65. The molecule has 19 heavy (non-hydrogen) atoms. The highest BCUT2D eigenvalue weighted by Crippen LogP contribution is 2.25. The van der Waals surface area contributed by atoms with Gasteiger partial charge >= 0.3 is 5.97 Å². The van der Waals surface area contributed by atoms with Gasteiger partial charge in [0.25, 0.3) is 0 Å². The van der Waals surface area contributed by atoms with Crippen molar-refractivity contribution in [3.63, 3.8) is 0 Å². The molecule has 0 aliphatic carbocycles. The molecule has 0 unspecified atom stereocenters. The summed E-state index contributed by atoms with van der Waals surface area (Å²) in [5.74, 6) is -0.0888. The molecule has 1 heterocycles. The number of carbonyl (C=O) groups is 1. The number of rotatable bonds is 5. The number of aromatic nitrogens is 1. The van der Waals surface area contributed by atoms with E-state index in [-0.39, 0.29) is 0 Å². The molecule has 0 bridgehead atoms. The summed E-state index contributed by atoms with van der Waals surface area (Å²) in [5.41, 5.74) is 1.59. The molecule has 1 aromatic heterocycles. The van der Waals surface area contributed by atoms with Gasteiger partial charge in [0.2, 0.25) is 0 Å². The highest BCUT2D eigenvalue weighted by Gasteiger charge is 2.15. The number of carboxylic acids is 1. The lowest BCUT2D eigenvalue weighted by atomic mass is 10.1. The average Bonchev–Trinajstić information content (AvgIpc) is 2.73. The fraction of sp³-hybridized carbons (Fsp3) is 0.286. The first-order valence-electron chi connectivity index (χ1n) is 6.02. The second kappa shape index (κ2) is 5.84. The Kier molecular flexibility index (Phi) is 4.16. The monoisotopic (exact) mass is 277 g/mol. The normalized spacial score (nSPS) is 10.4. The van der Waals surface area contributed by atoms with Crippen molar-refractivity contribution < 1.29 is 14.6 Å². The van der Waals surface area contributed by atoms with Crippen molar-refractivity contribution in [1.82, 2.24) is 4.98 Å². The maximum absolute atomic E-state index is 11.0. The van der Waals surface area contributed by atoms with Crippen LogP contribution in [0.25, 0.3) is 0 Å². The van der Waals surface area contributed by atoms with Crippen LogP contribution in [0.5, 0.6) is 5.75 Å². The SMILES string of the molecule is CCOc1ccccc1Cc1nc(C)c(C(=O)O)s1. The predicted molar refractivity (Wildman–Crippen MR) is 74.2 cm³/mol. The molecule has 0 spiro atoms. The van der Waals surface area contributed by atoms with Gasteiger partial charge in [0.05, 0.1) is 17.3 Å². The van der Waals surface area contributed by atoms with Gasteiger partial charge in [-0.1, -0.05) is 18.2 Å². The maximum atomic E-state index is 11.0. The summed E-state index contributed by atoms with van der Waals surface area (Å²) in [5, 5.41) is 9.82. The van der Waals surface area contributed by atoms with Crippen LogP contribution >= 0.6 is 11.3 Å². The number of ether oxygens (including phenoxy) is 1. The van der Waals surface area contributed by atoms with Gasteiger partial charge in [-0.05, 0) is 19.9 Å². The standard InChI is InChI=1S/C14H15NO3S/c1-3-18-11-7-5-4-6-10(11)8-12-15-9(2)13(19-12)14(16)17/h4-7H,3,8H2,1-2H3,(H,16,17). The smallest absolute Gasteiger partial charge is 0.347 e. The molecule has 2 aromatic rings. The Morgan fingerprint density at radius 3 is 2.79 bits per heavy atom. The van der Waals surface area contributed by atoms with Gasteiger partial charge in [0, 0.05) is 12.0 Å². The van der Waals surface area contributed by atoms with Gasteiger partial charge in [0.1, 0.15) is 10.6 Å². The van der Waals surface area contributed by atoms with E-state index in [2.05, 4.69) is 4.98 Å². The Morgan fingerprint density at radius 1 is 1.42 bits per heavy atom. The Labute approximate surface area is 115 Å². The summed E-state index contributed by atoms with van der Waals surface area (Å²) in [4.78, 5) is 15.6. The quantitative estimate of drug-likeness (QED) is 0.912. The van der Waals surface area contributed by atoms with Crippen LogP contribution in [-0.4, -0.2) is 22.7 Å². The van der Waals surface area contributed by atoms with E-state index in [0.29, 0.717) is 23.6 Å². The molecule has 1 aromatic carbocycles. The molecule has 0 saturated heterocycles. The van der Waals surface area contributed by atoms with E-state index in [1.807, 2.05) is 31.2 Å². The summed E-state index contributed by atoms with van der Waals surface area (Å²) in [6.07, 6.45) is 0.592. The van der Waals surface area contributed by atoms with Crippen LogP contribution in [0.3, 0.4) is 0 Å². The van der Waals surface area contributed by atoms with Gasteiger partial charge in [-0.3, -0.25) is 0 Å². The molecule has 0 aliphatic rings. The van der Waals surface area contributed by atoms with Crippen LogP contribution in [0.1, 0.15) is 32.9 Å². The van der Waals surface area contributed by atoms with Gasteiger partial charge in [0.15, 0.2) is 0 Å². The minimum atomic E-state index is -0.917. The Bertz CT molecular complexity index is 592. The average molecular weight is 277 g/mol. The van der Waals surface area contributed by atoms with E-state index < -0.39 is 5.97 Å². The van der Waals surface area contributed by atoms with E-state index in [4.69, 9.17) is 9.84 Å². The first-order chi connectivity index (χ1) is 9.11. The fourth-order valence-electron chi connectivity index (χ4n) is 1.84. The molecule has 0 atom stereocenters. The Hall–Kier alpha value is -1.88. The Morgan fingerprint density at radius 2 is 2.16 bits per heavy atom. The summed E-state index contributed by atoms with van der Waals surface area (Å²) in [7, 11) is 0. The second-order valence-electron chi connectivity index (χ2n) is 4.04. The first-order valence-corrected chi connectivity index (χ1v) is 6.83. The number of carboxylic acid groups (broad SMARTS) is 1. The van der Waals surface area contributed by atoms with Crippen LogP contribution in [-0.2, 0) is 6.42 Å². The number of nitrogens with zero attached hydrogens (tertiary/aromatic N) is 1. The van der Waals surface area contributed by atoms with Crippen molar-refractivity contribution in [2.24, 2.45) is 0 Å². The third kappa shape index (κ3) is 3.12. The maximum Gasteiger partial charge on any atom is 0.347 e. The minimum Gasteiger partial charge on any atom is -0.494 e. The molecule has 0 radical (unpaired) electrons. The number of hydrogen-bond donors (Lipinski definition) is 1. The zero-order chi connectivity index (χ0) is 13.8. The van der Waals surface area contributed by atoms with E-state index in [1.165, 1.54) is 11.3 Å². The second-order valence-corrected chi connectivity index (χ2v) is 5.13. The molecule has 1 N–H and O–H groups in total. The molecule has 0 amide bonds. The van der Waals surface area contributed by atoms with Crippen LogP contribution in [0, 0.1) is 6.92 Å². The number of aryl methyl sites for hydroxylation is 1. The van der Waals surface area contributed by atoms with Crippen molar-refractivity contribution >= 4 is 17.3 Å². The molecule has 100 valence electrons. The van der Waals surface area contributed by atoms with Gasteiger partial charge in [-0.15, -0.1) is 11.3 Å².